The van der Waals surface area contributed by atoms with Crippen molar-refractivity contribution in [2.75, 3.05) is 11.9 Å². The van der Waals surface area contributed by atoms with Crippen LogP contribution in [0.25, 0.3) is 10.6 Å². The number of carbonyl (C=O) groups is 1. The van der Waals surface area contributed by atoms with Gasteiger partial charge in [0.2, 0.25) is 5.91 Å². The molecule has 0 aliphatic rings. The molecule has 0 spiro atoms. The van der Waals surface area contributed by atoms with Gasteiger partial charge in [0.25, 0.3) is 0 Å². The van der Waals surface area contributed by atoms with Crippen LogP contribution in [0.1, 0.15) is 24.0 Å². The van der Waals surface area contributed by atoms with E-state index < -0.39 is 0 Å². The second-order valence-electron chi connectivity index (χ2n) is 7.13. The Kier molecular flexibility index (Phi) is 6.43. The second-order valence-corrected chi connectivity index (χ2v) is 7.98. The van der Waals surface area contributed by atoms with Gasteiger partial charge in [-0.3, -0.25) is 4.79 Å². The number of anilines is 1. The standard InChI is InChI=1S/C24H24N4O2S/c1-3-30-22-10-6-19(7-11-22)24-27-21(16-31-24)14-23(29)26-20-8-4-18(5-9-20)15-28-13-12-25-17(28)2/h4-13,16H,3,14-15H2,1-2H3,(H,26,29). The molecule has 6 nitrogen and oxygen atoms in total. The first-order valence-corrected chi connectivity index (χ1v) is 11.0. The minimum Gasteiger partial charge on any atom is -0.494 e. The average molecular weight is 433 g/mol. The number of rotatable bonds is 8. The maximum absolute atomic E-state index is 12.5. The second kappa shape index (κ2) is 9.57. The molecule has 0 unspecified atom stereocenters. The Morgan fingerprint density at radius 2 is 1.90 bits per heavy atom. The highest BCUT2D eigenvalue weighted by Gasteiger charge is 2.10. The first-order chi connectivity index (χ1) is 15.1. The van der Waals surface area contributed by atoms with Gasteiger partial charge in [-0.05, 0) is 55.8 Å². The Hall–Kier alpha value is -3.45. The van der Waals surface area contributed by atoms with Gasteiger partial charge in [-0.25, -0.2) is 9.97 Å². The van der Waals surface area contributed by atoms with E-state index in [4.69, 9.17) is 4.74 Å². The maximum atomic E-state index is 12.5. The largest absolute Gasteiger partial charge is 0.494 e. The molecular formula is C24H24N4O2S. The summed E-state index contributed by atoms with van der Waals surface area (Å²) in [6.45, 7) is 5.34. The Labute approximate surface area is 185 Å². The quantitative estimate of drug-likeness (QED) is 0.428. The van der Waals surface area contributed by atoms with Gasteiger partial charge in [0.1, 0.15) is 16.6 Å². The summed E-state index contributed by atoms with van der Waals surface area (Å²) in [7, 11) is 0. The van der Waals surface area contributed by atoms with Crippen LogP contribution >= 0.6 is 11.3 Å². The number of thiazole rings is 1. The number of aryl methyl sites for hydroxylation is 1. The molecule has 0 radical (unpaired) electrons. The predicted octanol–water partition coefficient (Wildman–Crippen LogP) is 4.94. The van der Waals surface area contributed by atoms with Crippen molar-refractivity contribution in [1.82, 2.24) is 14.5 Å². The maximum Gasteiger partial charge on any atom is 0.230 e. The lowest BCUT2D eigenvalue weighted by atomic mass is 10.2. The normalized spacial score (nSPS) is 10.8. The summed E-state index contributed by atoms with van der Waals surface area (Å²) in [4.78, 5) is 21.3. The molecule has 0 aliphatic carbocycles. The molecule has 0 aliphatic heterocycles. The minimum absolute atomic E-state index is 0.0817. The Balaban J connectivity index is 1.33. The van der Waals surface area contributed by atoms with Crippen molar-refractivity contribution in [3.05, 3.63) is 83.4 Å². The first kappa shape index (κ1) is 20.8. The van der Waals surface area contributed by atoms with Crippen molar-refractivity contribution in [3.63, 3.8) is 0 Å². The van der Waals surface area contributed by atoms with E-state index in [-0.39, 0.29) is 12.3 Å². The highest BCUT2D eigenvalue weighted by molar-refractivity contribution is 7.13. The fraction of sp³-hybridized carbons (Fsp3) is 0.208. The van der Waals surface area contributed by atoms with E-state index in [2.05, 4.69) is 19.9 Å². The number of hydrogen-bond acceptors (Lipinski definition) is 5. The molecule has 0 saturated carbocycles. The van der Waals surface area contributed by atoms with E-state index in [9.17, 15) is 4.79 Å². The first-order valence-electron chi connectivity index (χ1n) is 10.1. The summed E-state index contributed by atoms with van der Waals surface area (Å²) < 4.78 is 7.56. The number of ether oxygens (including phenoxy) is 1. The van der Waals surface area contributed by atoms with Crippen molar-refractivity contribution in [2.45, 2.75) is 26.8 Å². The van der Waals surface area contributed by atoms with E-state index in [1.165, 1.54) is 11.3 Å². The van der Waals surface area contributed by atoms with E-state index in [0.717, 1.165) is 45.6 Å². The molecule has 2 aromatic carbocycles. The number of benzene rings is 2. The minimum atomic E-state index is -0.0817. The molecule has 4 aromatic rings. The van der Waals surface area contributed by atoms with Crippen LogP contribution in [-0.2, 0) is 17.8 Å². The lowest BCUT2D eigenvalue weighted by molar-refractivity contribution is -0.115. The summed E-state index contributed by atoms with van der Waals surface area (Å²) >= 11 is 1.54. The van der Waals surface area contributed by atoms with Crippen LogP contribution in [0.3, 0.4) is 0 Å². The van der Waals surface area contributed by atoms with Gasteiger partial charge < -0.3 is 14.6 Å². The van der Waals surface area contributed by atoms with Crippen LogP contribution in [-0.4, -0.2) is 27.0 Å². The van der Waals surface area contributed by atoms with Crippen molar-refractivity contribution in [3.8, 4) is 16.3 Å². The number of amides is 1. The van der Waals surface area contributed by atoms with Crippen molar-refractivity contribution >= 4 is 22.9 Å². The monoisotopic (exact) mass is 432 g/mol. The van der Waals surface area contributed by atoms with Gasteiger partial charge in [0.15, 0.2) is 0 Å². The molecule has 2 heterocycles. The van der Waals surface area contributed by atoms with E-state index in [1.54, 1.807) is 6.20 Å². The third kappa shape index (κ3) is 5.38. The lowest BCUT2D eigenvalue weighted by Gasteiger charge is -2.08. The third-order valence-corrected chi connectivity index (χ3v) is 5.76. The van der Waals surface area contributed by atoms with Crippen LogP contribution in [0.4, 0.5) is 5.69 Å². The van der Waals surface area contributed by atoms with Gasteiger partial charge in [0, 0.05) is 35.6 Å². The fourth-order valence-corrected chi connectivity index (χ4v) is 4.04. The van der Waals surface area contributed by atoms with Crippen molar-refractivity contribution in [2.24, 2.45) is 0 Å². The van der Waals surface area contributed by atoms with E-state index in [1.807, 2.05) is 74.0 Å². The molecule has 1 N–H and O–H groups in total. The SMILES string of the molecule is CCOc1ccc(-c2nc(CC(=O)Nc3ccc(Cn4ccnc4C)cc3)cs2)cc1. The molecule has 7 heteroatoms. The highest BCUT2D eigenvalue weighted by Crippen LogP contribution is 2.26. The van der Waals surface area contributed by atoms with Gasteiger partial charge >= 0.3 is 0 Å². The molecule has 31 heavy (non-hydrogen) atoms. The average Bonchev–Trinajstić information content (AvgIpc) is 3.39. The van der Waals surface area contributed by atoms with Crippen molar-refractivity contribution in [1.29, 1.82) is 0 Å². The zero-order valence-corrected chi connectivity index (χ0v) is 18.4. The number of nitrogens with one attached hydrogen (secondary N) is 1. The van der Waals surface area contributed by atoms with Crippen LogP contribution < -0.4 is 10.1 Å². The Bertz CT molecular complexity index is 1150. The topological polar surface area (TPSA) is 69.0 Å². The zero-order valence-electron chi connectivity index (χ0n) is 17.5. The van der Waals surface area contributed by atoms with E-state index in [0.29, 0.717) is 6.61 Å². The van der Waals surface area contributed by atoms with E-state index >= 15 is 0 Å². The summed E-state index contributed by atoms with van der Waals surface area (Å²) in [5, 5.41) is 5.77. The van der Waals surface area contributed by atoms with Crippen LogP contribution in [0.2, 0.25) is 0 Å². The fourth-order valence-electron chi connectivity index (χ4n) is 3.21. The Morgan fingerprint density at radius 3 is 2.58 bits per heavy atom. The zero-order chi connectivity index (χ0) is 21.6. The Morgan fingerprint density at radius 1 is 1.13 bits per heavy atom. The number of imidazole rings is 1. The third-order valence-electron chi connectivity index (χ3n) is 4.82. The van der Waals surface area contributed by atoms with Gasteiger partial charge in [-0.1, -0.05) is 12.1 Å². The number of aromatic nitrogens is 3. The molecule has 0 fully saturated rings. The van der Waals surface area contributed by atoms with Gasteiger partial charge in [0.05, 0.1) is 18.7 Å². The van der Waals surface area contributed by atoms with Crippen LogP contribution in [0, 0.1) is 6.92 Å². The number of carbonyl (C=O) groups excluding carboxylic acids is 1. The summed E-state index contributed by atoms with van der Waals surface area (Å²) in [6.07, 6.45) is 3.99. The molecule has 2 aromatic heterocycles. The molecular weight excluding hydrogens is 408 g/mol. The predicted molar refractivity (Wildman–Crippen MR) is 124 cm³/mol. The lowest BCUT2D eigenvalue weighted by Crippen LogP contribution is -2.14. The molecule has 158 valence electrons. The molecule has 4 rings (SSSR count). The molecule has 0 bridgehead atoms. The molecule has 1 amide bonds. The van der Waals surface area contributed by atoms with Crippen LogP contribution in [0.5, 0.6) is 5.75 Å². The van der Waals surface area contributed by atoms with Gasteiger partial charge in [-0.2, -0.15) is 0 Å². The summed E-state index contributed by atoms with van der Waals surface area (Å²) in [5.74, 6) is 1.74. The highest BCUT2D eigenvalue weighted by atomic mass is 32.1. The number of nitrogens with zero attached hydrogens (tertiary/aromatic N) is 3. The van der Waals surface area contributed by atoms with Gasteiger partial charge in [-0.15, -0.1) is 11.3 Å². The summed E-state index contributed by atoms with van der Waals surface area (Å²) in [6, 6.07) is 15.7. The van der Waals surface area contributed by atoms with Crippen LogP contribution in [0.15, 0.2) is 66.3 Å². The molecule has 0 atom stereocenters. The molecule has 0 saturated heterocycles. The smallest absolute Gasteiger partial charge is 0.230 e. The van der Waals surface area contributed by atoms with Crippen molar-refractivity contribution < 1.29 is 9.53 Å². The summed E-state index contributed by atoms with van der Waals surface area (Å²) in [5.41, 5.74) is 3.71. The number of hydrogen-bond donors (Lipinski definition) is 1.